The van der Waals surface area contributed by atoms with Crippen molar-refractivity contribution in [2.75, 3.05) is 27.4 Å². The van der Waals surface area contributed by atoms with Crippen LogP contribution in [0.2, 0.25) is 5.02 Å². The Balaban J connectivity index is 2.19. The average Bonchev–Trinajstić information content (AvgIpc) is 2.80. The van der Waals surface area contributed by atoms with Crippen LogP contribution < -0.4 is 9.47 Å². The molecule has 0 fully saturated rings. The maximum atomic E-state index is 15.4. The lowest BCUT2D eigenvalue weighted by molar-refractivity contribution is 0.103. The summed E-state index contributed by atoms with van der Waals surface area (Å²) in [7, 11) is 2.90. The second kappa shape index (κ2) is 10.1. The number of hydrogen-bond acceptors (Lipinski definition) is 5. The first kappa shape index (κ1) is 22.3. The largest absolute Gasteiger partial charge is 0.495 e. The Morgan fingerprint density at radius 3 is 2.42 bits per heavy atom. The number of nitriles is 1. The maximum Gasteiger partial charge on any atom is 0.193 e. The van der Waals surface area contributed by atoms with E-state index in [1.165, 1.54) is 38.5 Å². The third-order valence-electron chi connectivity index (χ3n) is 4.60. The van der Waals surface area contributed by atoms with Gasteiger partial charge in [-0.05, 0) is 24.3 Å². The van der Waals surface area contributed by atoms with E-state index in [0.29, 0.717) is 5.56 Å². The van der Waals surface area contributed by atoms with Gasteiger partial charge in [0.05, 0.1) is 30.4 Å². The molecule has 3 rings (SSSR count). The molecule has 0 amide bonds. The summed E-state index contributed by atoms with van der Waals surface area (Å²) in [6, 6.07) is 16.4. The van der Waals surface area contributed by atoms with Crippen LogP contribution >= 0.6 is 11.6 Å². The van der Waals surface area contributed by atoms with Gasteiger partial charge in [0.2, 0.25) is 0 Å². The van der Waals surface area contributed by atoms with Crippen molar-refractivity contribution < 1.29 is 23.4 Å². The number of benzene rings is 3. The molecule has 0 aliphatic carbocycles. The van der Waals surface area contributed by atoms with Crippen LogP contribution in [-0.4, -0.2) is 33.2 Å². The molecular formula is C24H19ClFNO4. The molecule has 0 bridgehead atoms. The molecule has 3 aromatic carbocycles. The van der Waals surface area contributed by atoms with Gasteiger partial charge >= 0.3 is 0 Å². The first-order chi connectivity index (χ1) is 15.0. The molecule has 0 spiro atoms. The van der Waals surface area contributed by atoms with E-state index in [0.717, 1.165) is 0 Å². The van der Waals surface area contributed by atoms with E-state index >= 15 is 4.39 Å². The molecule has 158 valence electrons. The molecule has 0 saturated carbocycles. The predicted octanol–water partition coefficient (Wildman–Crippen LogP) is 5.28. The number of halogens is 2. The van der Waals surface area contributed by atoms with Crippen LogP contribution in [0.5, 0.6) is 11.5 Å². The highest BCUT2D eigenvalue weighted by Gasteiger charge is 2.23. The number of carbonyl (C=O) groups is 1. The molecule has 0 saturated heterocycles. The smallest absolute Gasteiger partial charge is 0.193 e. The summed E-state index contributed by atoms with van der Waals surface area (Å²) in [4.78, 5) is 13.0. The number of nitrogens with zero attached hydrogens (tertiary/aromatic N) is 1. The second-order valence-corrected chi connectivity index (χ2v) is 6.87. The van der Waals surface area contributed by atoms with E-state index in [1.54, 1.807) is 30.3 Å². The van der Waals surface area contributed by atoms with Crippen LogP contribution in [0.1, 0.15) is 21.5 Å². The van der Waals surface area contributed by atoms with E-state index in [2.05, 4.69) is 0 Å². The van der Waals surface area contributed by atoms with Crippen molar-refractivity contribution in [1.82, 2.24) is 0 Å². The summed E-state index contributed by atoms with van der Waals surface area (Å²) in [5.41, 5.74) is 0.840. The van der Waals surface area contributed by atoms with Gasteiger partial charge in [0.1, 0.15) is 12.4 Å². The third kappa shape index (κ3) is 4.69. The van der Waals surface area contributed by atoms with Crippen LogP contribution in [-0.2, 0) is 4.74 Å². The highest BCUT2D eigenvalue weighted by atomic mass is 35.5. The van der Waals surface area contributed by atoms with Crippen LogP contribution in [0.4, 0.5) is 4.39 Å². The van der Waals surface area contributed by atoms with Crippen molar-refractivity contribution in [3.8, 4) is 28.7 Å². The molecule has 3 aromatic rings. The summed E-state index contributed by atoms with van der Waals surface area (Å²) < 4.78 is 31.1. The summed E-state index contributed by atoms with van der Waals surface area (Å²) in [5.74, 6) is -0.917. The van der Waals surface area contributed by atoms with Gasteiger partial charge in [-0.25, -0.2) is 4.39 Å². The van der Waals surface area contributed by atoms with E-state index in [9.17, 15) is 10.1 Å². The van der Waals surface area contributed by atoms with E-state index in [-0.39, 0.29) is 57.8 Å². The van der Waals surface area contributed by atoms with Crippen molar-refractivity contribution >= 4 is 17.4 Å². The van der Waals surface area contributed by atoms with Crippen LogP contribution in [0.15, 0.2) is 54.6 Å². The van der Waals surface area contributed by atoms with Gasteiger partial charge in [0.25, 0.3) is 0 Å². The molecule has 0 atom stereocenters. The molecule has 5 nitrogen and oxygen atoms in total. The number of rotatable bonds is 8. The number of ketones is 1. The molecule has 0 aliphatic rings. The molecule has 0 unspecified atom stereocenters. The summed E-state index contributed by atoms with van der Waals surface area (Å²) in [5, 5.41) is 9.64. The van der Waals surface area contributed by atoms with E-state index in [4.69, 9.17) is 25.8 Å². The van der Waals surface area contributed by atoms with E-state index < -0.39 is 5.82 Å². The Bertz CT molecular complexity index is 1140. The van der Waals surface area contributed by atoms with Gasteiger partial charge in [-0.3, -0.25) is 4.79 Å². The lowest BCUT2D eigenvalue weighted by Crippen LogP contribution is -2.07. The minimum atomic E-state index is -0.761. The Kier molecular flexibility index (Phi) is 7.24. The highest BCUT2D eigenvalue weighted by Crippen LogP contribution is 2.41. The topological polar surface area (TPSA) is 68.5 Å². The Labute approximate surface area is 184 Å². The van der Waals surface area contributed by atoms with E-state index in [1.807, 2.05) is 6.07 Å². The van der Waals surface area contributed by atoms with Gasteiger partial charge in [0, 0.05) is 29.4 Å². The first-order valence-corrected chi connectivity index (χ1v) is 9.71. The monoisotopic (exact) mass is 439 g/mol. The van der Waals surface area contributed by atoms with Gasteiger partial charge < -0.3 is 14.2 Å². The number of hydrogen-bond donors (Lipinski definition) is 0. The van der Waals surface area contributed by atoms with Crippen molar-refractivity contribution in [1.29, 1.82) is 5.26 Å². The molecule has 0 aliphatic heterocycles. The number of methoxy groups -OCH3 is 2. The average molecular weight is 440 g/mol. The zero-order valence-corrected chi connectivity index (χ0v) is 17.7. The zero-order valence-electron chi connectivity index (χ0n) is 16.9. The molecule has 0 heterocycles. The molecule has 0 aromatic heterocycles. The van der Waals surface area contributed by atoms with Crippen molar-refractivity contribution in [2.45, 2.75) is 0 Å². The number of carbonyl (C=O) groups excluding carboxylic acids is 1. The fraction of sp³-hybridized carbons (Fsp3) is 0.167. The third-order valence-corrected chi connectivity index (χ3v) is 4.99. The van der Waals surface area contributed by atoms with Gasteiger partial charge in [-0.2, -0.15) is 5.26 Å². The molecule has 0 N–H and O–H groups in total. The fourth-order valence-corrected chi connectivity index (χ4v) is 3.36. The summed E-state index contributed by atoms with van der Waals surface area (Å²) in [6.45, 7) is 0.396. The Morgan fingerprint density at radius 2 is 1.77 bits per heavy atom. The quantitative estimate of drug-likeness (QED) is 0.352. The van der Waals surface area contributed by atoms with Gasteiger partial charge in [0.15, 0.2) is 17.3 Å². The van der Waals surface area contributed by atoms with Crippen molar-refractivity contribution in [3.05, 3.63) is 82.1 Å². The number of ether oxygens (including phenoxy) is 3. The summed E-state index contributed by atoms with van der Waals surface area (Å²) >= 11 is 6.47. The SMILES string of the molecule is COCCOc1ccc(C#N)c(-c2cc(C(=O)c3ccccc3)cc(OC)c2Cl)c1F. The summed E-state index contributed by atoms with van der Waals surface area (Å²) in [6.07, 6.45) is 0. The van der Waals surface area contributed by atoms with Crippen LogP contribution in [0, 0.1) is 17.1 Å². The van der Waals surface area contributed by atoms with Crippen molar-refractivity contribution in [2.24, 2.45) is 0 Å². The maximum absolute atomic E-state index is 15.4. The highest BCUT2D eigenvalue weighted by molar-refractivity contribution is 6.35. The zero-order chi connectivity index (χ0) is 22.4. The minimum absolute atomic E-state index is 0.0462. The molecule has 31 heavy (non-hydrogen) atoms. The fourth-order valence-electron chi connectivity index (χ4n) is 3.08. The molecule has 0 radical (unpaired) electrons. The van der Waals surface area contributed by atoms with Gasteiger partial charge in [-0.15, -0.1) is 0 Å². The lowest BCUT2D eigenvalue weighted by Gasteiger charge is -2.16. The van der Waals surface area contributed by atoms with Crippen molar-refractivity contribution in [3.63, 3.8) is 0 Å². The van der Waals surface area contributed by atoms with Crippen LogP contribution in [0.3, 0.4) is 0 Å². The normalized spacial score (nSPS) is 10.4. The van der Waals surface area contributed by atoms with Gasteiger partial charge in [-0.1, -0.05) is 41.9 Å². The first-order valence-electron chi connectivity index (χ1n) is 9.33. The molecule has 7 heteroatoms. The lowest BCUT2D eigenvalue weighted by atomic mass is 9.94. The minimum Gasteiger partial charge on any atom is -0.495 e. The Morgan fingerprint density at radius 1 is 1.03 bits per heavy atom. The van der Waals surface area contributed by atoms with Crippen LogP contribution in [0.25, 0.3) is 11.1 Å². The molecular weight excluding hydrogens is 421 g/mol. The predicted molar refractivity (Wildman–Crippen MR) is 115 cm³/mol. The second-order valence-electron chi connectivity index (χ2n) is 6.49. The Hall–Kier alpha value is -3.40. The standard InChI is InChI=1S/C24H19ClFNO4/c1-29-10-11-31-19-9-8-16(14-27)21(23(19)26)18-12-17(13-20(30-2)22(18)25)24(28)15-6-4-3-5-7-15/h3-9,12-13H,10-11H2,1-2H3.